The van der Waals surface area contributed by atoms with E-state index in [1.807, 2.05) is 0 Å². The molecule has 0 radical (unpaired) electrons. The summed E-state index contributed by atoms with van der Waals surface area (Å²) >= 11 is 2.46. The second-order valence-corrected chi connectivity index (χ2v) is 6.67. The zero-order valence-corrected chi connectivity index (χ0v) is 14.4. The Morgan fingerprint density at radius 3 is 2.53 bits per heavy atom. The Morgan fingerprint density at radius 1 is 1.26 bits per heavy atom. The van der Waals surface area contributed by atoms with Gasteiger partial charge in [-0.2, -0.15) is 0 Å². The van der Waals surface area contributed by atoms with Gasteiger partial charge in [0.1, 0.15) is 0 Å². The molecule has 1 N–H and O–H groups in total. The van der Waals surface area contributed by atoms with E-state index in [-0.39, 0.29) is 5.54 Å². The standard InChI is InChI=1S/C16H25IN2/c1-4-13-11-18-16(5-2,6-3)12-19(13)15-10-8-7-9-14(15)17/h7-10,13,18H,4-6,11-12H2,1-3H3. The number of nitrogens with one attached hydrogen (secondary N) is 1. The van der Waals surface area contributed by atoms with Crippen molar-refractivity contribution in [1.29, 1.82) is 0 Å². The van der Waals surface area contributed by atoms with Gasteiger partial charge in [-0.3, -0.25) is 0 Å². The lowest BCUT2D eigenvalue weighted by Gasteiger charge is -2.48. The van der Waals surface area contributed by atoms with Crippen LogP contribution in [0.5, 0.6) is 0 Å². The molecule has 1 aromatic carbocycles. The van der Waals surface area contributed by atoms with Crippen molar-refractivity contribution in [2.24, 2.45) is 0 Å². The molecule has 1 unspecified atom stereocenters. The third kappa shape index (κ3) is 3.07. The summed E-state index contributed by atoms with van der Waals surface area (Å²) in [4.78, 5) is 2.63. The summed E-state index contributed by atoms with van der Waals surface area (Å²) in [7, 11) is 0. The molecule has 19 heavy (non-hydrogen) atoms. The van der Waals surface area contributed by atoms with E-state index in [1.54, 1.807) is 0 Å². The number of hydrogen-bond acceptors (Lipinski definition) is 2. The second kappa shape index (κ2) is 6.44. The van der Waals surface area contributed by atoms with Crippen molar-refractivity contribution in [3.63, 3.8) is 0 Å². The maximum absolute atomic E-state index is 3.81. The fourth-order valence-electron chi connectivity index (χ4n) is 3.01. The summed E-state index contributed by atoms with van der Waals surface area (Å²) in [5, 5.41) is 3.81. The number of rotatable bonds is 4. The summed E-state index contributed by atoms with van der Waals surface area (Å²) in [6, 6.07) is 9.38. The lowest BCUT2D eigenvalue weighted by Crippen LogP contribution is -2.64. The zero-order valence-electron chi connectivity index (χ0n) is 12.2. The number of anilines is 1. The molecule has 0 amide bonds. The first-order chi connectivity index (χ1) is 9.15. The molecule has 1 fully saturated rings. The van der Waals surface area contributed by atoms with Crippen molar-refractivity contribution < 1.29 is 0 Å². The Kier molecular flexibility index (Phi) is 5.12. The van der Waals surface area contributed by atoms with Crippen molar-refractivity contribution in [3.05, 3.63) is 27.8 Å². The van der Waals surface area contributed by atoms with E-state index in [4.69, 9.17) is 0 Å². The largest absolute Gasteiger partial charge is 0.365 e. The molecule has 1 aliphatic heterocycles. The molecule has 1 aliphatic rings. The van der Waals surface area contributed by atoms with E-state index < -0.39 is 0 Å². The molecule has 0 bridgehead atoms. The normalized spacial score (nSPS) is 22.5. The third-order valence-electron chi connectivity index (χ3n) is 4.61. The highest BCUT2D eigenvalue weighted by Gasteiger charge is 2.36. The third-order valence-corrected chi connectivity index (χ3v) is 5.53. The van der Waals surface area contributed by atoms with Crippen molar-refractivity contribution in [2.75, 3.05) is 18.0 Å². The SMILES string of the molecule is CCC1CNC(CC)(CC)CN1c1ccccc1I. The average molecular weight is 372 g/mol. The first kappa shape index (κ1) is 15.1. The fraction of sp³-hybridized carbons (Fsp3) is 0.625. The zero-order chi connectivity index (χ0) is 13.9. The Balaban J connectivity index is 2.31. The van der Waals surface area contributed by atoms with E-state index in [0.717, 1.165) is 13.1 Å². The minimum Gasteiger partial charge on any atom is -0.365 e. The predicted molar refractivity (Wildman–Crippen MR) is 91.9 cm³/mol. The highest BCUT2D eigenvalue weighted by Crippen LogP contribution is 2.31. The highest BCUT2D eigenvalue weighted by atomic mass is 127. The lowest BCUT2D eigenvalue weighted by molar-refractivity contribution is 0.246. The molecular formula is C16H25IN2. The van der Waals surface area contributed by atoms with Crippen LogP contribution in [-0.2, 0) is 0 Å². The Morgan fingerprint density at radius 2 is 1.95 bits per heavy atom. The van der Waals surface area contributed by atoms with E-state index in [1.165, 1.54) is 28.5 Å². The minimum atomic E-state index is 0.282. The van der Waals surface area contributed by atoms with Gasteiger partial charge in [0.2, 0.25) is 0 Å². The summed E-state index contributed by atoms with van der Waals surface area (Å²) in [6.07, 6.45) is 3.58. The molecule has 2 rings (SSSR count). The minimum absolute atomic E-state index is 0.282. The van der Waals surface area contributed by atoms with Crippen LogP contribution >= 0.6 is 22.6 Å². The molecule has 0 aliphatic carbocycles. The van der Waals surface area contributed by atoms with Crippen molar-refractivity contribution >= 4 is 28.3 Å². The van der Waals surface area contributed by atoms with Gasteiger partial charge in [-0.15, -0.1) is 0 Å². The Bertz CT molecular complexity index is 415. The van der Waals surface area contributed by atoms with Gasteiger partial charge < -0.3 is 10.2 Å². The van der Waals surface area contributed by atoms with E-state index in [0.29, 0.717) is 6.04 Å². The van der Waals surface area contributed by atoms with Gasteiger partial charge in [0, 0.05) is 28.2 Å². The fourth-order valence-corrected chi connectivity index (χ4v) is 3.71. The smallest absolute Gasteiger partial charge is 0.0505 e. The van der Waals surface area contributed by atoms with Crippen LogP contribution < -0.4 is 10.2 Å². The predicted octanol–water partition coefficient (Wildman–Crippen LogP) is 4.04. The average Bonchev–Trinajstić information content (AvgIpc) is 2.47. The molecule has 1 saturated heterocycles. The number of para-hydroxylation sites is 1. The van der Waals surface area contributed by atoms with Gasteiger partial charge in [-0.25, -0.2) is 0 Å². The maximum Gasteiger partial charge on any atom is 0.0505 e. The Hall–Kier alpha value is -0.290. The summed E-state index contributed by atoms with van der Waals surface area (Å²) in [6.45, 7) is 9.12. The monoisotopic (exact) mass is 372 g/mol. The highest BCUT2D eigenvalue weighted by molar-refractivity contribution is 14.1. The van der Waals surface area contributed by atoms with Crippen LogP contribution in [0.25, 0.3) is 0 Å². The molecule has 2 nitrogen and oxygen atoms in total. The number of hydrogen-bond donors (Lipinski definition) is 1. The van der Waals surface area contributed by atoms with Gasteiger partial charge in [0.25, 0.3) is 0 Å². The van der Waals surface area contributed by atoms with Gasteiger partial charge in [-0.05, 0) is 54.0 Å². The number of piperazine rings is 1. The topological polar surface area (TPSA) is 15.3 Å². The van der Waals surface area contributed by atoms with Crippen LogP contribution in [0.2, 0.25) is 0 Å². The van der Waals surface area contributed by atoms with Crippen LogP contribution in [0.3, 0.4) is 0 Å². The molecule has 106 valence electrons. The lowest BCUT2D eigenvalue weighted by atomic mass is 9.88. The molecular weight excluding hydrogens is 347 g/mol. The van der Waals surface area contributed by atoms with Gasteiger partial charge in [0.15, 0.2) is 0 Å². The van der Waals surface area contributed by atoms with Gasteiger partial charge in [-0.1, -0.05) is 32.9 Å². The van der Waals surface area contributed by atoms with Crippen LogP contribution in [0.1, 0.15) is 40.0 Å². The van der Waals surface area contributed by atoms with Crippen molar-refractivity contribution in [2.45, 2.75) is 51.6 Å². The first-order valence-electron chi connectivity index (χ1n) is 7.42. The summed E-state index contributed by atoms with van der Waals surface area (Å²) < 4.78 is 1.36. The number of nitrogens with zero attached hydrogens (tertiary/aromatic N) is 1. The van der Waals surface area contributed by atoms with Crippen LogP contribution in [-0.4, -0.2) is 24.7 Å². The summed E-state index contributed by atoms with van der Waals surface area (Å²) in [5.41, 5.74) is 1.69. The Labute approximate surface area is 131 Å². The number of benzene rings is 1. The van der Waals surface area contributed by atoms with E-state index in [9.17, 15) is 0 Å². The van der Waals surface area contributed by atoms with Crippen LogP contribution in [0, 0.1) is 3.57 Å². The second-order valence-electron chi connectivity index (χ2n) is 5.51. The molecule has 0 spiro atoms. The van der Waals surface area contributed by atoms with Crippen LogP contribution in [0.4, 0.5) is 5.69 Å². The molecule has 1 aromatic rings. The molecule has 0 aromatic heterocycles. The first-order valence-corrected chi connectivity index (χ1v) is 8.50. The summed E-state index contributed by atoms with van der Waals surface area (Å²) in [5.74, 6) is 0. The maximum atomic E-state index is 3.81. The van der Waals surface area contributed by atoms with Gasteiger partial charge in [0.05, 0.1) is 5.69 Å². The van der Waals surface area contributed by atoms with Gasteiger partial charge >= 0.3 is 0 Å². The van der Waals surface area contributed by atoms with Crippen LogP contribution in [0.15, 0.2) is 24.3 Å². The quantitative estimate of drug-likeness (QED) is 0.803. The molecule has 0 saturated carbocycles. The number of halogens is 1. The van der Waals surface area contributed by atoms with Crippen molar-refractivity contribution in [1.82, 2.24) is 5.32 Å². The molecule has 1 heterocycles. The molecule has 1 atom stereocenters. The van der Waals surface area contributed by atoms with E-state index >= 15 is 0 Å². The van der Waals surface area contributed by atoms with E-state index in [2.05, 4.69) is 77.8 Å². The molecule has 3 heteroatoms. The van der Waals surface area contributed by atoms with Crippen molar-refractivity contribution in [3.8, 4) is 0 Å².